The minimum Gasteiger partial charge on any atom is -0.398 e. The molecule has 5 nitrogen and oxygen atoms in total. The summed E-state index contributed by atoms with van der Waals surface area (Å²) in [6.45, 7) is 6.35. The van der Waals surface area contributed by atoms with Crippen LogP contribution in [-0.2, 0) is 11.3 Å². The van der Waals surface area contributed by atoms with Crippen LogP contribution in [0.2, 0.25) is 0 Å². The highest BCUT2D eigenvalue weighted by atomic mass is 16.5. The summed E-state index contributed by atoms with van der Waals surface area (Å²) in [6.07, 6.45) is 11.8. The van der Waals surface area contributed by atoms with Crippen LogP contribution in [0.3, 0.4) is 0 Å². The summed E-state index contributed by atoms with van der Waals surface area (Å²) in [5, 5.41) is 12.8. The second-order valence-electron chi connectivity index (χ2n) is 9.84. The maximum Gasteiger partial charge on any atom is 0.0705 e. The summed E-state index contributed by atoms with van der Waals surface area (Å²) in [5.41, 5.74) is 14.3. The van der Waals surface area contributed by atoms with Gasteiger partial charge in [-0.2, -0.15) is 0 Å². The molecule has 1 saturated heterocycles. The molecule has 1 atom stereocenters. The molecule has 5 heteroatoms. The number of morpholine rings is 1. The van der Waals surface area contributed by atoms with Gasteiger partial charge < -0.3 is 20.7 Å². The number of hydrogen-bond acceptors (Lipinski definition) is 5. The van der Waals surface area contributed by atoms with Crippen molar-refractivity contribution < 1.29 is 4.74 Å². The van der Waals surface area contributed by atoms with Gasteiger partial charge in [0.15, 0.2) is 0 Å². The molecule has 4 N–H and O–H groups in total. The Kier molecular flexibility index (Phi) is 7.16. The first-order chi connectivity index (χ1) is 17.1. The van der Waals surface area contributed by atoms with Crippen molar-refractivity contribution in [2.24, 2.45) is 5.92 Å². The van der Waals surface area contributed by atoms with Crippen molar-refractivity contribution in [2.45, 2.75) is 38.8 Å². The molecular formula is C30H36N4O. The van der Waals surface area contributed by atoms with E-state index in [1.165, 1.54) is 29.7 Å². The van der Waals surface area contributed by atoms with Gasteiger partial charge in [0.25, 0.3) is 0 Å². The molecule has 2 aromatic carbocycles. The zero-order valence-corrected chi connectivity index (χ0v) is 20.6. The molecule has 5 rings (SSSR count). The van der Waals surface area contributed by atoms with E-state index in [-0.39, 0.29) is 0 Å². The molecule has 1 unspecified atom stereocenters. The molecule has 1 heterocycles. The molecule has 2 aliphatic carbocycles. The Morgan fingerprint density at radius 1 is 1.14 bits per heavy atom. The lowest BCUT2D eigenvalue weighted by Crippen LogP contribution is -2.35. The van der Waals surface area contributed by atoms with Crippen molar-refractivity contribution >= 4 is 11.4 Å². The molecule has 182 valence electrons. The molecule has 0 bridgehead atoms. The number of rotatable bonds is 8. The predicted octanol–water partition coefficient (Wildman–Crippen LogP) is 5.29. The maximum absolute atomic E-state index is 8.94. The summed E-state index contributed by atoms with van der Waals surface area (Å²) in [6, 6.07) is 15.2. The van der Waals surface area contributed by atoms with Crippen LogP contribution >= 0.6 is 0 Å². The Balaban J connectivity index is 1.31. The summed E-state index contributed by atoms with van der Waals surface area (Å²) in [7, 11) is 0. The van der Waals surface area contributed by atoms with E-state index in [1.807, 2.05) is 6.07 Å². The number of hydrogen-bond donors (Lipinski definition) is 3. The highest BCUT2D eigenvalue weighted by molar-refractivity contribution is 6.15. The number of nitrogens with two attached hydrogens (primary N) is 1. The number of allylic oxidation sites excluding steroid dienone is 5. The second kappa shape index (κ2) is 10.6. The summed E-state index contributed by atoms with van der Waals surface area (Å²) < 4.78 is 5.49. The minimum atomic E-state index is 0.368. The first-order valence-corrected chi connectivity index (χ1v) is 12.8. The molecule has 1 saturated carbocycles. The Bertz CT molecular complexity index is 1170. The average molecular weight is 469 g/mol. The normalized spacial score (nSPS) is 19.1. The van der Waals surface area contributed by atoms with Crippen molar-refractivity contribution in [3.05, 3.63) is 100 Å². The zero-order valence-electron chi connectivity index (χ0n) is 20.6. The summed E-state index contributed by atoms with van der Waals surface area (Å²) in [5.74, 6) is 0.705. The first-order valence-electron chi connectivity index (χ1n) is 12.8. The van der Waals surface area contributed by atoms with E-state index in [4.69, 9.17) is 15.9 Å². The van der Waals surface area contributed by atoms with Crippen molar-refractivity contribution in [3.63, 3.8) is 0 Å². The average Bonchev–Trinajstić information content (AvgIpc) is 3.74. The molecular weight excluding hydrogens is 432 g/mol. The second-order valence-corrected chi connectivity index (χ2v) is 9.84. The Morgan fingerprint density at radius 3 is 2.71 bits per heavy atom. The fraction of sp³-hybridized carbons (Fsp3) is 0.367. The number of aryl methyl sites for hydroxylation is 1. The Hall–Kier alpha value is -3.15. The monoisotopic (exact) mass is 468 g/mol. The minimum absolute atomic E-state index is 0.368. The third-order valence-electron chi connectivity index (χ3n) is 7.32. The van der Waals surface area contributed by atoms with Gasteiger partial charge in [-0.1, -0.05) is 48.6 Å². The third-order valence-corrected chi connectivity index (χ3v) is 7.32. The summed E-state index contributed by atoms with van der Waals surface area (Å²) >= 11 is 0. The maximum atomic E-state index is 8.94. The molecule has 1 aliphatic heterocycles. The third kappa shape index (κ3) is 5.58. The van der Waals surface area contributed by atoms with Crippen molar-refractivity contribution in [2.75, 3.05) is 32.0 Å². The fourth-order valence-corrected chi connectivity index (χ4v) is 5.08. The van der Waals surface area contributed by atoms with E-state index in [9.17, 15) is 0 Å². The van der Waals surface area contributed by atoms with Gasteiger partial charge in [0.2, 0.25) is 0 Å². The van der Waals surface area contributed by atoms with Gasteiger partial charge >= 0.3 is 0 Å². The highest BCUT2D eigenvalue weighted by Crippen LogP contribution is 2.42. The Morgan fingerprint density at radius 2 is 1.94 bits per heavy atom. The standard InChI is InChI=1S/C30H36N4O/c1-21-5-2-3-8-26(21)30(24-10-11-24)33-20-22-9-14-28(31)27(19-22)29(32)23-6-4-7-25(13-12-23)34-15-17-35-18-16-34/h2-6,8-9,12-14,19,24,30,32-33H,7,10-11,15-18,20,31H2,1H3. The first kappa shape index (κ1) is 23.6. The smallest absolute Gasteiger partial charge is 0.0705 e. The number of nitrogens with one attached hydrogen (secondary N) is 2. The van der Waals surface area contributed by atoms with E-state index in [2.05, 4.69) is 77.8 Å². The quantitative estimate of drug-likeness (QED) is 0.364. The Labute approximate surface area is 208 Å². The van der Waals surface area contributed by atoms with Crippen LogP contribution < -0.4 is 11.1 Å². The van der Waals surface area contributed by atoms with Gasteiger partial charge in [0, 0.05) is 49.0 Å². The van der Waals surface area contributed by atoms with Crippen LogP contribution in [0.5, 0.6) is 0 Å². The van der Waals surface area contributed by atoms with Crippen LogP contribution in [-0.4, -0.2) is 36.9 Å². The van der Waals surface area contributed by atoms with Gasteiger partial charge in [-0.05, 0) is 66.2 Å². The number of benzene rings is 2. The largest absolute Gasteiger partial charge is 0.398 e. The van der Waals surface area contributed by atoms with Crippen molar-refractivity contribution in [1.29, 1.82) is 5.41 Å². The lowest BCUT2D eigenvalue weighted by atomic mass is 9.96. The molecule has 0 amide bonds. The van der Waals surface area contributed by atoms with Crippen LogP contribution in [0.25, 0.3) is 0 Å². The highest BCUT2D eigenvalue weighted by Gasteiger charge is 2.32. The van der Waals surface area contributed by atoms with Gasteiger partial charge in [0.1, 0.15) is 0 Å². The van der Waals surface area contributed by atoms with E-state index < -0.39 is 0 Å². The number of ether oxygens (including phenoxy) is 1. The van der Waals surface area contributed by atoms with E-state index in [0.29, 0.717) is 23.4 Å². The molecule has 2 fully saturated rings. The van der Waals surface area contributed by atoms with E-state index >= 15 is 0 Å². The molecule has 0 spiro atoms. The van der Waals surface area contributed by atoms with Gasteiger partial charge in [-0.3, -0.25) is 5.41 Å². The number of nitrogens with zero attached hydrogens (tertiary/aromatic N) is 1. The van der Waals surface area contributed by atoms with Crippen LogP contribution in [0.1, 0.15) is 47.6 Å². The molecule has 0 aromatic heterocycles. The predicted molar refractivity (Wildman–Crippen MR) is 143 cm³/mol. The lowest BCUT2D eigenvalue weighted by molar-refractivity contribution is 0.0528. The number of nitrogen functional groups attached to an aromatic ring is 1. The molecule has 0 radical (unpaired) electrons. The zero-order chi connectivity index (χ0) is 24.2. The van der Waals surface area contributed by atoms with E-state index in [0.717, 1.165) is 56.0 Å². The van der Waals surface area contributed by atoms with E-state index in [1.54, 1.807) is 0 Å². The fourth-order valence-electron chi connectivity index (χ4n) is 5.08. The lowest BCUT2D eigenvalue weighted by Gasteiger charge is -2.30. The molecule has 3 aliphatic rings. The van der Waals surface area contributed by atoms with Gasteiger partial charge in [-0.25, -0.2) is 0 Å². The van der Waals surface area contributed by atoms with Crippen molar-refractivity contribution in [1.82, 2.24) is 10.2 Å². The van der Waals surface area contributed by atoms with Gasteiger partial charge in [-0.15, -0.1) is 0 Å². The molecule has 35 heavy (non-hydrogen) atoms. The topological polar surface area (TPSA) is 74.4 Å². The number of anilines is 1. The van der Waals surface area contributed by atoms with Gasteiger partial charge in [0.05, 0.1) is 18.9 Å². The SMILES string of the molecule is Cc1ccccc1C(NCc1ccc(N)c(C(=N)C2=CC=C(N3CCOCC3)CC=C2)c1)C1CC1. The van der Waals surface area contributed by atoms with Crippen molar-refractivity contribution in [3.8, 4) is 0 Å². The van der Waals surface area contributed by atoms with Crippen LogP contribution in [0, 0.1) is 18.3 Å². The van der Waals surface area contributed by atoms with Crippen LogP contribution in [0.15, 0.2) is 78.0 Å². The summed E-state index contributed by atoms with van der Waals surface area (Å²) in [4.78, 5) is 2.38. The van der Waals surface area contributed by atoms with Crippen LogP contribution in [0.4, 0.5) is 5.69 Å². The molecule has 2 aromatic rings.